The van der Waals surface area contributed by atoms with Crippen LogP contribution in [0.25, 0.3) is 0 Å². The van der Waals surface area contributed by atoms with Crippen LogP contribution >= 0.6 is 15.9 Å². The monoisotopic (exact) mass is 418 g/mol. The Morgan fingerprint density at radius 1 is 1.23 bits per heavy atom. The van der Waals surface area contributed by atoms with E-state index in [-0.39, 0.29) is 0 Å². The molecule has 0 saturated heterocycles. The van der Waals surface area contributed by atoms with Gasteiger partial charge < -0.3 is 14.2 Å². The Bertz CT molecular complexity index is 812. The highest BCUT2D eigenvalue weighted by Gasteiger charge is 2.28. The molecule has 3 rings (SSSR count). The van der Waals surface area contributed by atoms with Gasteiger partial charge in [-0.15, -0.1) is 0 Å². The second-order valence-corrected chi connectivity index (χ2v) is 7.36. The number of halogens is 1. The van der Waals surface area contributed by atoms with Crippen molar-refractivity contribution in [2.45, 2.75) is 45.6 Å². The molecule has 2 aromatic carbocycles. The van der Waals surface area contributed by atoms with Crippen LogP contribution in [-0.4, -0.2) is 13.3 Å². The topological polar surface area (TPSA) is 44.8 Å². The fourth-order valence-corrected chi connectivity index (χ4v) is 3.48. The standard InChI is InChI=1S/C21H23BrO4/c1-4-14-11-16(15-8-9-15)20(10-13(14)2)25-12-17-18(22)6-5-7-19(17)26-21(23)24-3/h5-7,10-11,15H,4,8-9,12H2,1-3H3. The van der Waals surface area contributed by atoms with Crippen molar-refractivity contribution in [3.05, 3.63) is 57.1 Å². The summed E-state index contributed by atoms with van der Waals surface area (Å²) in [5, 5.41) is 0. The van der Waals surface area contributed by atoms with Crippen LogP contribution in [0.15, 0.2) is 34.8 Å². The van der Waals surface area contributed by atoms with E-state index >= 15 is 0 Å². The van der Waals surface area contributed by atoms with Crippen LogP contribution in [0.2, 0.25) is 0 Å². The van der Waals surface area contributed by atoms with Crippen molar-refractivity contribution in [2.24, 2.45) is 0 Å². The van der Waals surface area contributed by atoms with Crippen LogP contribution in [0, 0.1) is 6.92 Å². The highest BCUT2D eigenvalue weighted by atomic mass is 79.9. The van der Waals surface area contributed by atoms with Crippen LogP contribution < -0.4 is 9.47 Å². The predicted octanol–water partition coefficient (Wildman–Crippen LogP) is 5.92. The summed E-state index contributed by atoms with van der Waals surface area (Å²) in [4.78, 5) is 11.5. The Balaban J connectivity index is 1.85. The molecule has 4 nitrogen and oxygen atoms in total. The molecular weight excluding hydrogens is 396 g/mol. The lowest BCUT2D eigenvalue weighted by Gasteiger charge is -2.17. The molecule has 0 bridgehead atoms. The van der Waals surface area contributed by atoms with Crippen molar-refractivity contribution in [2.75, 3.05) is 7.11 Å². The highest BCUT2D eigenvalue weighted by Crippen LogP contribution is 2.45. The lowest BCUT2D eigenvalue weighted by molar-refractivity contribution is 0.120. The normalized spacial score (nSPS) is 13.4. The summed E-state index contributed by atoms with van der Waals surface area (Å²) in [5.41, 5.74) is 4.67. The first-order valence-electron chi connectivity index (χ1n) is 8.82. The number of hydrogen-bond donors (Lipinski definition) is 0. The van der Waals surface area contributed by atoms with Crippen molar-refractivity contribution < 1.29 is 19.0 Å². The minimum Gasteiger partial charge on any atom is -0.488 e. The molecule has 0 aliphatic heterocycles. The number of aryl methyl sites for hydroxylation is 2. The average molecular weight is 419 g/mol. The van der Waals surface area contributed by atoms with Gasteiger partial charge in [-0.25, -0.2) is 4.79 Å². The first-order chi connectivity index (χ1) is 12.5. The summed E-state index contributed by atoms with van der Waals surface area (Å²) in [7, 11) is 1.29. The van der Waals surface area contributed by atoms with E-state index in [4.69, 9.17) is 9.47 Å². The third kappa shape index (κ3) is 4.21. The molecule has 26 heavy (non-hydrogen) atoms. The van der Waals surface area contributed by atoms with Gasteiger partial charge in [0, 0.05) is 10.0 Å². The van der Waals surface area contributed by atoms with Crippen molar-refractivity contribution in [1.29, 1.82) is 0 Å². The maximum absolute atomic E-state index is 11.5. The van der Waals surface area contributed by atoms with Crippen molar-refractivity contribution in [1.82, 2.24) is 0 Å². The fraction of sp³-hybridized carbons (Fsp3) is 0.381. The molecule has 0 heterocycles. The van der Waals surface area contributed by atoms with Crippen LogP contribution in [0.3, 0.4) is 0 Å². The zero-order chi connectivity index (χ0) is 18.7. The van der Waals surface area contributed by atoms with Gasteiger partial charge >= 0.3 is 6.16 Å². The third-order valence-electron chi connectivity index (χ3n) is 4.67. The molecule has 1 saturated carbocycles. The molecule has 5 heteroatoms. The van der Waals surface area contributed by atoms with Crippen molar-refractivity contribution >= 4 is 22.1 Å². The molecule has 0 unspecified atom stereocenters. The van der Waals surface area contributed by atoms with Gasteiger partial charge in [0.1, 0.15) is 18.1 Å². The molecule has 138 valence electrons. The van der Waals surface area contributed by atoms with Crippen LogP contribution in [0.1, 0.15) is 47.9 Å². The van der Waals surface area contributed by atoms with E-state index in [0.717, 1.165) is 22.2 Å². The minimum absolute atomic E-state index is 0.304. The quantitative estimate of drug-likeness (QED) is 0.431. The molecule has 1 fully saturated rings. The summed E-state index contributed by atoms with van der Waals surface area (Å²) in [6.45, 7) is 4.60. The number of benzene rings is 2. The smallest absolute Gasteiger partial charge is 0.488 e. The molecule has 0 amide bonds. The molecule has 1 aliphatic rings. The Kier molecular flexibility index (Phi) is 5.87. The zero-order valence-corrected chi connectivity index (χ0v) is 16.9. The van der Waals surface area contributed by atoms with E-state index in [1.807, 2.05) is 12.1 Å². The predicted molar refractivity (Wildman–Crippen MR) is 104 cm³/mol. The van der Waals surface area contributed by atoms with Gasteiger partial charge in [-0.3, -0.25) is 0 Å². The molecule has 1 aliphatic carbocycles. The number of carbonyl (C=O) groups is 1. The average Bonchev–Trinajstić information content (AvgIpc) is 3.46. The molecule has 2 aromatic rings. The number of rotatable bonds is 6. The van der Waals surface area contributed by atoms with E-state index in [0.29, 0.717) is 18.3 Å². The molecule has 0 spiro atoms. The second kappa shape index (κ2) is 8.12. The first kappa shape index (κ1) is 18.8. The van der Waals surface area contributed by atoms with E-state index < -0.39 is 6.16 Å². The minimum atomic E-state index is -0.744. The Morgan fingerprint density at radius 2 is 2.00 bits per heavy atom. The molecule has 0 radical (unpaired) electrons. The van der Waals surface area contributed by atoms with E-state index in [2.05, 4.69) is 46.6 Å². The molecule has 0 N–H and O–H groups in total. The van der Waals surface area contributed by atoms with Gasteiger partial charge in [0.25, 0.3) is 0 Å². The third-order valence-corrected chi connectivity index (χ3v) is 5.42. The van der Waals surface area contributed by atoms with Gasteiger partial charge in [0.15, 0.2) is 0 Å². The number of methoxy groups -OCH3 is 1. The van der Waals surface area contributed by atoms with E-state index in [1.165, 1.54) is 36.6 Å². The van der Waals surface area contributed by atoms with Gasteiger partial charge in [-0.1, -0.05) is 35.0 Å². The number of carbonyl (C=O) groups excluding carboxylic acids is 1. The SMILES string of the molecule is CCc1cc(C2CC2)c(OCc2c(Br)cccc2OC(=O)OC)cc1C. The molecule has 0 atom stereocenters. The Morgan fingerprint density at radius 3 is 2.65 bits per heavy atom. The lowest BCUT2D eigenvalue weighted by atomic mass is 9.99. The number of hydrogen-bond acceptors (Lipinski definition) is 4. The van der Waals surface area contributed by atoms with Gasteiger partial charge in [0.2, 0.25) is 0 Å². The zero-order valence-electron chi connectivity index (χ0n) is 15.3. The largest absolute Gasteiger partial charge is 0.513 e. The van der Waals surface area contributed by atoms with Crippen LogP contribution in [0.5, 0.6) is 11.5 Å². The van der Waals surface area contributed by atoms with Crippen LogP contribution in [0.4, 0.5) is 4.79 Å². The first-order valence-corrected chi connectivity index (χ1v) is 9.62. The van der Waals surface area contributed by atoms with E-state index in [9.17, 15) is 4.79 Å². The van der Waals surface area contributed by atoms with Crippen molar-refractivity contribution in [3.63, 3.8) is 0 Å². The van der Waals surface area contributed by atoms with Crippen LogP contribution in [-0.2, 0) is 17.8 Å². The van der Waals surface area contributed by atoms with Crippen molar-refractivity contribution in [3.8, 4) is 11.5 Å². The summed E-state index contributed by atoms with van der Waals surface area (Å²) in [5.74, 6) is 1.95. The lowest BCUT2D eigenvalue weighted by Crippen LogP contribution is -2.10. The Labute approximate surface area is 162 Å². The van der Waals surface area contributed by atoms with Gasteiger partial charge in [-0.05, 0) is 67.0 Å². The molecule has 0 aromatic heterocycles. The van der Waals surface area contributed by atoms with Gasteiger partial charge in [-0.2, -0.15) is 0 Å². The number of ether oxygens (including phenoxy) is 3. The van der Waals surface area contributed by atoms with E-state index in [1.54, 1.807) is 6.07 Å². The Hall–Kier alpha value is -2.01. The van der Waals surface area contributed by atoms with Gasteiger partial charge in [0.05, 0.1) is 7.11 Å². The molecular formula is C21H23BrO4. The summed E-state index contributed by atoms with van der Waals surface area (Å²) in [6, 6.07) is 9.85. The maximum atomic E-state index is 11.5. The summed E-state index contributed by atoms with van der Waals surface area (Å²) < 4.78 is 16.8. The summed E-state index contributed by atoms with van der Waals surface area (Å²) >= 11 is 3.52. The fourth-order valence-electron chi connectivity index (χ4n) is 3.02. The highest BCUT2D eigenvalue weighted by molar-refractivity contribution is 9.10. The second-order valence-electron chi connectivity index (χ2n) is 6.51. The maximum Gasteiger partial charge on any atom is 0.513 e. The summed E-state index contributed by atoms with van der Waals surface area (Å²) in [6.07, 6.45) is 2.71.